The van der Waals surface area contributed by atoms with E-state index in [1.54, 1.807) is 4.88 Å². The number of unbranched alkanes of at least 4 members (excludes halogenated alkanes) is 1. The summed E-state index contributed by atoms with van der Waals surface area (Å²) in [4.78, 5) is 6.36. The van der Waals surface area contributed by atoms with Gasteiger partial charge in [-0.1, -0.05) is 13.8 Å². The molecule has 2 nitrogen and oxygen atoms in total. The van der Waals surface area contributed by atoms with Gasteiger partial charge in [0.1, 0.15) is 0 Å². The molecule has 3 heteroatoms. The van der Waals surface area contributed by atoms with Crippen molar-refractivity contribution in [3.8, 4) is 0 Å². The SMILES string of the molecule is CC(C)C1CCc2nc(CCCCN)sc2C1. The Kier molecular flexibility index (Phi) is 4.57. The summed E-state index contributed by atoms with van der Waals surface area (Å²) in [7, 11) is 0. The number of nitrogens with two attached hydrogens (primary N) is 1. The number of hydrogen-bond acceptors (Lipinski definition) is 3. The normalized spacial score (nSPS) is 19.6. The van der Waals surface area contributed by atoms with Crippen LogP contribution in [-0.2, 0) is 19.3 Å². The fourth-order valence-electron chi connectivity index (χ4n) is 2.55. The lowest BCUT2D eigenvalue weighted by molar-refractivity contribution is 0.344. The number of aryl methyl sites for hydroxylation is 2. The van der Waals surface area contributed by atoms with E-state index in [-0.39, 0.29) is 0 Å². The molecule has 0 aliphatic heterocycles. The third-order valence-corrected chi connectivity index (χ3v) is 4.99. The van der Waals surface area contributed by atoms with Gasteiger partial charge in [0.2, 0.25) is 0 Å². The highest BCUT2D eigenvalue weighted by Crippen LogP contribution is 2.33. The number of fused-ring (bicyclic) bond motifs is 1. The molecule has 17 heavy (non-hydrogen) atoms. The van der Waals surface area contributed by atoms with Gasteiger partial charge < -0.3 is 5.73 Å². The van der Waals surface area contributed by atoms with E-state index in [4.69, 9.17) is 10.7 Å². The predicted octanol–water partition coefficient (Wildman–Crippen LogP) is 3.19. The second-order valence-corrected chi connectivity index (χ2v) is 6.64. The third kappa shape index (κ3) is 3.29. The van der Waals surface area contributed by atoms with Crippen molar-refractivity contribution in [3.63, 3.8) is 0 Å². The van der Waals surface area contributed by atoms with Gasteiger partial charge in [-0.3, -0.25) is 0 Å². The van der Waals surface area contributed by atoms with E-state index in [2.05, 4.69) is 13.8 Å². The van der Waals surface area contributed by atoms with Crippen LogP contribution in [0.4, 0.5) is 0 Å². The van der Waals surface area contributed by atoms with Crippen LogP contribution < -0.4 is 5.73 Å². The first kappa shape index (κ1) is 13.0. The topological polar surface area (TPSA) is 38.9 Å². The van der Waals surface area contributed by atoms with E-state index < -0.39 is 0 Å². The van der Waals surface area contributed by atoms with Gasteiger partial charge in [-0.05, 0) is 56.9 Å². The average Bonchev–Trinajstić information content (AvgIpc) is 2.70. The molecule has 0 aromatic carbocycles. The van der Waals surface area contributed by atoms with Crippen molar-refractivity contribution in [1.82, 2.24) is 4.98 Å². The fraction of sp³-hybridized carbons (Fsp3) is 0.786. The summed E-state index contributed by atoms with van der Waals surface area (Å²) in [5.41, 5.74) is 6.92. The van der Waals surface area contributed by atoms with Crippen LogP contribution >= 0.6 is 11.3 Å². The highest BCUT2D eigenvalue weighted by Gasteiger charge is 2.24. The van der Waals surface area contributed by atoms with Crippen molar-refractivity contribution in [3.05, 3.63) is 15.6 Å². The van der Waals surface area contributed by atoms with E-state index >= 15 is 0 Å². The molecule has 2 rings (SSSR count). The number of aromatic nitrogens is 1. The van der Waals surface area contributed by atoms with E-state index in [1.165, 1.54) is 36.4 Å². The van der Waals surface area contributed by atoms with Crippen LogP contribution in [0, 0.1) is 11.8 Å². The Morgan fingerprint density at radius 1 is 1.41 bits per heavy atom. The van der Waals surface area contributed by atoms with Gasteiger partial charge in [0.15, 0.2) is 0 Å². The van der Waals surface area contributed by atoms with Crippen molar-refractivity contribution < 1.29 is 0 Å². The summed E-state index contributed by atoms with van der Waals surface area (Å²) in [5.74, 6) is 1.69. The molecule has 0 amide bonds. The molecule has 0 radical (unpaired) electrons. The second kappa shape index (κ2) is 5.96. The molecule has 1 aromatic heterocycles. The lowest BCUT2D eigenvalue weighted by atomic mass is 9.83. The van der Waals surface area contributed by atoms with Crippen LogP contribution in [0.25, 0.3) is 0 Å². The highest BCUT2D eigenvalue weighted by atomic mass is 32.1. The van der Waals surface area contributed by atoms with Crippen LogP contribution in [0.15, 0.2) is 0 Å². The number of rotatable bonds is 5. The van der Waals surface area contributed by atoms with E-state index in [1.807, 2.05) is 11.3 Å². The average molecular weight is 252 g/mol. The molecule has 1 unspecified atom stereocenters. The molecule has 1 heterocycles. The first-order valence-electron chi connectivity index (χ1n) is 6.88. The molecule has 1 aliphatic carbocycles. The molecule has 0 fully saturated rings. The molecular weight excluding hydrogens is 228 g/mol. The quantitative estimate of drug-likeness (QED) is 0.817. The highest BCUT2D eigenvalue weighted by molar-refractivity contribution is 7.11. The van der Waals surface area contributed by atoms with E-state index in [9.17, 15) is 0 Å². The second-order valence-electron chi connectivity index (χ2n) is 5.47. The zero-order chi connectivity index (χ0) is 12.3. The zero-order valence-electron chi connectivity index (χ0n) is 11.0. The largest absolute Gasteiger partial charge is 0.330 e. The maximum Gasteiger partial charge on any atom is 0.0931 e. The molecule has 0 bridgehead atoms. The molecular formula is C14H24N2S. The van der Waals surface area contributed by atoms with Gasteiger partial charge in [-0.2, -0.15) is 0 Å². The van der Waals surface area contributed by atoms with Crippen molar-refractivity contribution in [1.29, 1.82) is 0 Å². The Balaban J connectivity index is 1.97. The summed E-state index contributed by atoms with van der Waals surface area (Å²) >= 11 is 1.95. The minimum absolute atomic E-state index is 0.806. The molecule has 2 N–H and O–H groups in total. The van der Waals surface area contributed by atoms with Crippen LogP contribution in [0.2, 0.25) is 0 Å². The van der Waals surface area contributed by atoms with Crippen LogP contribution in [0.1, 0.15) is 48.7 Å². The van der Waals surface area contributed by atoms with Gasteiger partial charge in [0, 0.05) is 4.88 Å². The lowest BCUT2D eigenvalue weighted by Crippen LogP contribution is -2.17. The number of hydrogen-bond donors (Lipinski definition) is 1. The standard InChI is InChI=1S/C14H24N2S/c1-10(2)11-6-7-12-13(9-11)17-14(16-12)5-3-4-8-15/h10-11H,3-9,15H2,1-2H3. The first-order valence-corrected chi connectivity index (χ1v) is 7.70. The van der Waals surface area contributed by atoms with Crippen molar-refractivity contribution in [2.75, 3.05) is 6.54 Å². The Bertz CT molecular complexity index is 357. The predicted molar refractivity (Wildman–Crippen MR) is 74.5 cm³/mol. The van der Waals surface area contributed by atoms with Gasteiger partial charge >= 0.3 is 0 Å². The summed E-state index contributed by atoms with van der Waals surface area (Å²) < 4.78 is 0. The Morgan fingerprint density at radius 2 is 2.24 bits per heavy atom. The van der Waals surface area contributed by atoms with Gasteiger partial charge in [0.05, 0.1) is 10.7 Å². The summed E-state index contributed by atoms with van der Waals surface area (Å²) in [6.07, 6.45) is 7.24. The fourth-order valence-corrected chi connectivity index (χ4v) is 3.80. The Labute approximate surface area is 109 Å². The lowest BCUT2D eigenvalue weighted by Gasteiger charge is -2.24. The molecule has 96 valence electrons. The molecule has 0 spiro atoms. The van der Waals surface area contributed by atoms with Crippen molar-refractivity contribution in [2.24, 2.45) is 17.6 Å². The third-order valence-electron chi connectivity index (χ3n) is 3.81. The van der Waals surface area contributed by atoms with Crippen molar-refractivity contribution in [2.45, 2.75) is 52.4 Å². The van der Waals surface area contributed by atoms with Crippen molar-refractivity contribution >= 4 is 11.3 Å². The van der Waals surface area contributed by atoms with Crippen LogP contribution in [0.5, 0.6) is 0 Å². The van der Waals surface area contributed by atoms with Gasteiger partial charge in [-0.15, -0.1) is 11.3 Å². The van der Waals surface area contributed by atoms with Crippen LogP contribution in [0.3, 0.4) is 0 Å². The Hall–Kier alpha value is -0.410. The zero-order valence-corrected chi connectivity index (χ0v) is 11.9. The number of nitrogens with zero attached hydrogens (tertiary/aromatic N) is 1. The molecule has 0 saturated carbocycles. The minimum atomic E-state index is 0.806. The minimum Gasteiger partial charge on any atom is -0.330 e. The van der Waals surface area contributed by atoms with Gasteiger partial charge in [0.25, 0.3) is 0 Å². The van der Waals surface area contributed by atoms with Crippen LogP contribution in [-0.4, -0.2) is 11.5 Å². The Morgan fingerprint density at radius 3 is 2.94 bits per heavy atom. The smallest absolute Gasteiger partial charge is 0.0931 e. The summed E-state index contributed by atoms with van der Waals surface area (Å²) in [6, 6.07) is 0. The van der Waals surface area contributed by atoms with Gasteiger partial charge in [-0.25, -0.2) is 4.98 Å². The first-order chi connectivity index (χ1) is 8.20. The number of thiazole rings is 1. The molecule has 1 aliphatic rings. The monoisotopic (exact) mass is 252 g/mol. The maximum absolute atomic E-state index is 5.52. The van der Waals surface area contributed by atoms with E-state index in [0.717, 1.165) is 31.2 Å². The summed E-state index contributed by atoms with van der Waals surface area (Å²) in [5, 5.41) is 1.34. The summed E-state index contributed by atoms with van der Waals surface area (Å²) in [6.45, 7) is 5.50. The molecule has 1 aromatic rings. The maximum atomic E-state index is 5.52. The molecule has 1 atom stereocenters. The molecule has 0 saturated heterocycles. The van der Waals surface area contributed by atoms with E-state index in [0.29, 0.717) is 0 Å².